The van der Waals surface area contributed by atoms with Crippen molar-refractivity contribution < 1.29 is 17.9 Å². The summed E-state index contributed by atoms with van der Waals surface area (Å²) in [4.78, 5) is 13.9. The molecule has 0 aliphatic heterocycles. The van der Waals surface area contributed by atoms with E-state index >= 15 is 0 Å². The fraction of sp³-hybridized carbons (Fsp3) is 0.100. The van der Waals surface area contributed by atoms with Crippen LogP contribution in [0.25, 0.3) is 10.9 Å². The van der Waals surface area contributed by atoms with Gasteiger partial charge in [0.05, 0.1) is 12.7 Å². The number of sulfonamides is 1. The fourth-order valence-electron chi connectivity index (χ4n) is 1.50. The van der Waals surface area contributed by atoms with Crippen LogP contribution in [0.15, 0.2) is 29.3 Å². The molecule has 0 bridgehead atoms. The van der Waals surface area contributed by atoms with Crippen LogP contribution in [-0.2, 0) is 14.8 Å². The summed E-state index contributed by atoms with van der Waals surface area (Å²) in [7, 11) is -2.50. The Kier molecular flexibility index (Phi) is 2.64. The van der Waals surface area contributed by atoms with Crippen LogP contribution in [0.5, 0.6) is 0 Å². The Morgan fingerprint density at radius 1 is 1.35 bits per heavy atom. The number of methoxy groups -OCH3 is 1. The summed E-state index contributed by atoms with van der Waals surface area (Å²) in [6.07, 6.45) is 0. The highest BCUT2D eigenvalue weighted by Crippen LogP contribution is 2.19. The molecular weight excluding hydrogens is 244 g/mol. The molecule has 0 fully saturated rings. The summed E-state index contributed by atoms with van der Waals surface area (Å²) >= 11 is 0. The number of nitrogens with two attached hydrogens (primary N) is 1. The number of hydrogen-bond donors (Lipinski definition) is 2. The minimum atomic E-state index is -3.78. The van der Waals surface area contributed by atoms with E-state index in [1.165, 1.54) is 19.2 Å². The van der Waals surface area contributed by atoms with Gasteiger partial charge in [0.25, 0.3) is 10.0 Å². The number of benzene rings is 1. The van der Waals surface area contributed by atoms with Crippen molar-refractivity contribution in [3.63, 3.8) is 0 Å². The molecule has 0 atom stereocenters. The first-order valence-electron chi connectivity index (χ1n) is 4.66. The predicted octanol–water partition coefficient (Wildman–Crippen LogP) is 0.602. The van der Waals surface area contributed by atoms with Gasteiger partial charge in [-0.15, -0.1) is 0 Å². The lowest BCUT2D eigenvalue weighted by Crippen LogP contribution is -2.12. The van der Waals surface area contributed by atoms with Gasteiger partial charge in [-0.2, -0.15) is 0 Å². The summed E-state index contributed by atoms with van der Waals surface area (Å²) in [5, 5.41) is 5.56. The minimum absolute atomic E-state index is 0.0884. The molecule has 6 nitrogen and oxygen atoms in total. The molecule has 90 valence electrons. The van der Waals surface area contributed by atoms with E-state index in [0.717, 1.165) is 0 Å². The molecule has 7 heteroatoms. The molecule has 17 heavy (non-hydrogen) atoms. The Hall–Kier alpha value is -1.86. The van der Waals surface area contributed by atoms with Crippen LogP contribution in [0.3, 0.4) is 0 Å². The molecule has 3 N–H and O–H groups in total. The first kappa shape index (κ1) is 11.6. The number of carbonyl (C=O) groups excluding carboxylic acids is 1. The predicted molar refractivity (Wildman–Crippen MR) is 61.0 cm³/mol. The molecule has 0 saturated heterocycles. The Balaban J connectivity index is 2.60. The van der Waals surface area contributed by atoms with Gasteiger partial charge in [0.1, 0.15) is 5.03 Å². The second-order valence-corrected chi connectivity index (χ2v) is 5.00. The van der Waals surface area contributed by atoms with Crippen molar-refractivity contribution >= 4 is 26.9 Å². The van der Waals surface area contributed by atoms with E-state index in [1.54, 1.807) is 12.1 Å². The molecule has 1 aromatic carbocycles. The Morgan fingerprint density at radius 3 is 2.65 bits per heavy atom. The van der Waals surface area contributed by atoms with Crippen molar-refractivity contribution in [1.29, 1.82) is 0 Å². The highest BCUT2D eigenvalue weighted by molar-refractivity contribution is 7.89. The van der Waals surface area contributed by atoms with Crippen LogP contribution in [0.4, 0.5) is 0 Å². The maximum absolute atomic E-state index is 11.3. The average molecular weight is 254 g/mol. The number of hydrogen-bond acceptors (Lipinski definition) is 4. The quantitative estimate of drug-likeness (QED) is 0.766. The van der Waals surface area contributed by atoms with Crippen LogP contribution in [0.2, 0.25) is 0 Å². The van der Waals surface area contributed by atoms with Crippen molar-refractivity contribution in [2.24, 2.45) is 5.14 Å². The molecule has 0 unspecified atom stereocenters. The molecule has 0 saturated carbocycles. The summed E-state index contributed by atoms with van der Waals surface area (Å²) in [6.45, 7) is 0. The molecule has 2 aromatic rings. The first-order chi connectivity index (χ1) is 7.91. The number of esters is 1. The van der Waals surface area contributed by atoms with Crippen molar-refractivity contribution in [3.8, 4) is 0 Å². The van der Waals surface area contributed by atoms with Crippen molar-refractivity contribution in [3.05, 3.63) is 29.8 Å². The monoisotopic (exact) mass is 254 g/mol. The van der Waals surface area contributed by atoms with Crippen LogP contribution in [-0.4, -0.2) is 26.5 Å². The maximum Gasteiger partial charge on any atom is 0.337 e. The van der Waals surface area contributed by atoms with Gasteiger partial charge in [-0.25, -0.2) is 18.4 Å². The average Bonchev–Trinajstić information content (AvgIpc) is 2.70. The Morgan fingerprint density at radius 2 is 2.06 bits per heavy atom. The third-order valence-corrected chi connectivity index (χ3v) is 3.16. The number of carbonyl (C=O) groups is 1. The number of ether oxygens (including phenoxy) is 1. The number of aromatic amines is 1. The Labute approximate surface area is 97.4 Å². The van der Waals surface area contributed by atoms with E-state index in [0.29, 0.717) is 16.5 Å². The van der Waals surface area contributed by atoms with E-state index in [1.807, 2.05) is 0 Å². The number of primary sulfonamides is 1. The molecule has 0 spiro atoms. The molecule has 1 aromatic heterocycles. The number of nitrogens with one attached hydrogen (secondary N) is 1. The van der Waals surface area contributed by atoms with E-state index in [-0.39, 0.29) is 5.03 Å². The first-order valence-corrected chi connectivity index (χ1v) is 6.20. The highest BCUT2D eigenvalue weighted by atomic mass is 32.2. The smallest absolute Gasteiger partial charge is 0.337 e. The summed E-state index contributed by atoms with van der Waals surface area (Å²) < 4.78 is 26.8. The number of aromatic nitrogens is 1. The second kappa shape index (κ2) is 3.86. The highest BCUT2D eigenvalue weighted by Gasteiger charge is 2.13. The van der Waals surface area contributed by atoms with E-state index < -0.39 is 16.0 Å². The zero-order valence-electron chi connectivity index (χ0n) is 8.93. The van der Waals surface area contributed by atoms with Gasteiger partial charge < -0.3 is 9.72 Å². The zero-order chi connectivity index (χ0) is 12.6. The molecule has 0 aliphatic carbocycles. The lowest BCUT2D eigenvalue weighted by atomic mass is 10.2. The fourth-order valence-corrected chi connectivity index (χ4v) is 2.04. The lowest BCUT2D eigenvalue weighted by Gasteiger charge is -1.98. The molecule has 0 aliphatic rings. The van der Waals surface area contributed by atoms with Crippen LogP contribution < -0.4 is 5.14 Å². The van der Waals surface area contributed by atoms with Gasteiger partial charge in [0.15, 0.2) is 0 Å². The van der Waals surface area contributed by atoms with E-state index in [9.17, 15) is 13.2 Å². The Bertz CT molecular complexity index is 687. The number of H-pyrrole nitrogens is 1. The lowest BCUT2D eigenvalue weighted by molar-refractivity contribution is 0.0601. The summed E-state index contributed by atoms with van der Waals surface area (Å²) in [5.41, 5.74) is 0.847. The summed E-state index contributed by atoms with van der Waals surface area (Å²) in [5.74, 6) is -0.487. The van der Waals surface area contributed by atoms with Crippen LogP contribution >= 0.6 is 0 Å². The van der Waals surface area contributed by atoms with Gasteiger partial charge in [-0.05, 0) is 18.2 Å². The van der Waals surface area contributed by atoms with Gasteiger partial charge in [-0.3, -0.25) is 0 Å². The minimum Gasteiger partial charge on any atom is -0.465 e. The largest absolute Gasteiger partial charge is 0.465 e. The third kappa shape index (κ3) is 2.15. The molecular formula is C10H10N2O4S. The second-order valence-electron chi connectivity index (χ2n) is 3.47. The number of rotatable bonds is 2. The van der Waals surface area contributed by atoms with E-state index in [4.69, 9.17) is 5.14 Å². The molecule has 0 radical (unpaired) electrons. The van der Waals surface area contributed by atoms with Crippen molar-refractivity contribution in [2.75, 3.05) is 7.11 Å². The molecule has 2 rings (SSSR count). The standard InChI is InChI=1S/C10H10N2O4S/c1-16-10(13)7-3-2-6-5-9(17(11,14)15)12-8(6)4-7/h2-5,12H,1H3,(H2,11,14,15). The van der Waals surface area contributed by atoms with Crippen LogP contribution in [0.1, 0.15) is 10.4 Å². The van der Waals surface area contributed by atoms with Crippen LogP contribution in [0, 0.1) is 0 Å². The van der Waals surface area contributed by atoms with Crippen molar-refractivity contribution in [1.82, 2.24) is 4.98 Å². The molecule has 1 heterocycles. The topological polar surface area (TPSA) is 102 Å². The SMILES string of the molecule is COC(=O)c1ccc2cc(S(N)(=O)=O)[nH]c2c1. The van der Waals surface area contributed by atoms with Crippen molar-refractivity contribution in [2.45, 2.75) is 5.03 Å². The zero-order valence-corrected chi connectivity index (χ0v) is 9.74. The van der Waals surface area contributed by atoms with Gasteiger partial charge in [-0.1, -0.05) is 6.07 Å². The number of fused-ring (bicyclic) bond motifs is 1. The molecule has 0 amide bonds. The normalized spacial score (nSPS) is 11.6. The third-order valence-electron chi connectivity index (χ3n) is 2.33. The van der Waals surface area contributed by atoms with E-state index in [2.05, 4.69) is 9.72 Å². The van der Waals surface area contributed by atoms with Gasteiger partial charge >= 0.3 is 5.97 Å². The van der Waals surface area contributed by atoms with Gasteiger partial charge in [0, 0.05) is 10.9 Å². The maximum atomic E-state index is 11.3. The van der Waals surface area contributed by atoms with Gasteiger partial charge in [0.2, 0.25) is 0 Å². The summed E-state index contributed by atoms with van der Waals surface area (Å²) in [6, 6.07) is 6.09.